The van der Waals surface area contributed by atoms with Gasteiger partial charge in [0.15, 0.2) is 0 Å². The summed E-state index contributed by atoms with van der Waals surface area (Å²) in [6.07, 6.45) is 1.84. The lowest BCUT2D eigenvalue weighted by molar-refractivity contribution is -0.385. The Hall–Kier alpha value is -1.31. The minimum Gasteiger partial charge on any atom is -0.308 e. The van der Waals surface area contributed by atoms with Gasteiger partial charge >= 0.3 is 0 Å². The summed E-state index contributed by atoms with van der Waals surface area (Å²) >= 11 is 4.81. The lowest BCUT2D eigenvalue weighted by Crippen LogP contribution is -2.11. The van der Waals surface area contributed by atoms with E-state index in [1.165, 1.54) is 0 Å². The van der Waals surface area contributed by atoms with Crippen molar-refractivity contribution in [2.24, 2.45) is 0 Å². The van der Waals surface area contributed by atoms with Crippen molar-refractivity contribution in [3.63, 3.8) is 0 Å². The highest BCUT2D eigenvalue weighted by molar-refractivity contribution is 9.10. The number of rotatable bonds is 5. The average molecular weight is 342 g/mol. The largest absolute Gasteiger partial charge is 0.308 e. The van der Waals surface area contributed by atoms with Crippen molar-refractivity contribution in [2.75, 3.05) is 0 Å². The van der Waals surface area contributed by atoms with E-state index in [1.54, 1.807) is 23.5 Å². The van der Waals surface area contributed by atoms with Gasteiger partial charge in [-0.2, -0.15) is 0 Å². The highest BCUT2D eigenvalue weighted by Gasteiger charge is 2.11. The van der Waals surface area contributed by atoms with Gasteiger partial charge in [0.05, 0.1) is 14.4 Å². The summed E-state index contributed by atoms with van der Waals surface area (Å²) in [5.41, 5.74) is 0.976. The molecule has 0 aliphatic carbocycles. The molecule has 7 heteroatoms. The fourth-order valence-corrected chi connectivity index (χ4v) is 2.78. The standard InChI is InChI=1S/C12H12BrN3O2S/c1-8-15-7-10(19-8)6-14-5-9-2-3-11(13)12(4-9)16(17)18/h2-4,7,14H,5-6H2,1H3. The molecule has 0 saturated heterocycles. The van der Waals surface area contributed by atoms with Crippen LogP contribution < -0.4 is 5.32 Å². The van der Waals surface area contributed by atoms with Crippen LogP contribution in [0.25, 0.3) is 0 Å². The molecule has 0 spiro atoms. The molecule has 0 amide bonds. The van der Waals surface area contributed by atoms with Gasteiger partial charge in [0.1, 0.15) is 0 Å². The first-order valence-corrected chi connectivity index (χ1v) is 7.22. The zero-order valence-corrected chi connectivity index (χ0v) is 12.6. The summed E-state index contributed by atoms with van der Waals surface area (Å²) in [4.78, 5) is 15.8. The van der Waals surface area contributed by atoms with Gasteiger partial charge in [-0.1, -0.05) is 6.07 Å². The van der Waals surface area contributed by atoms with Crippen LogP contribution in [0.5, 0.6) is 0 Å². The number of nitro groups is 1. The van der Waals surface area contributed by atoms with Gasteiger partial charge in [0, 0.05) is 30.2 Å². The van der Waals surface area contributed by atoms with E-state index in [2.05, 4.69) is 26.2 Å². The summed E-state index contributed by atoms with van der Waals surface area (Å²) in [7, 11) is 0. The van der Waals surface area contributed by atoms with Crippen molar-refractivity contribution in [1.29, 1.82) is 0 Å². The van der Waals surface area contributed by atoms with Gasteiger partial charge in [-0.3, -0.25) is 10.1 Å². The van der Waals surface area contributed by atoms with Crippen molar-refractivity contribution >= 4 is 33.0 Å². The van der Waals surface area contributed by atoms with Gasteiger partial charge in [-0.15, -0.1) is 11.3 Å². The number of halogens is 1. The molecule has 5 nitrogen and oxygen atoms in total. The van der Waals surface area contributed by atoms with Gasteiger partial charge in [-0.25, -0.2) is 4.98 Å². The highest BCUT2D eigenvalue weighted by atomic mass is 79.9. The van der Waals surface area contributed by atoms with E-state index in [-0.39, 0.29) is 10.6 Å². The van der Waals surface area contributed by atoms with E-state index < -0.39 is 0 Å². The number of nitrogens with zero attached hydrogens (tertiary/aromatic N) is 2. The summed E-state index contributed by atoms with van der Waals surface area (Å²) in [5, 5.41) is 15.1. The Kier molecular flexibility index (Phi) is 4.62. The molecule has 1 aromatic heterocycles. The molecular weight excluding hydrogens is 330 g/mol. The maximum atomic E-state index is 10.8. The second kappa shape index (κ2) is 6.23. The van der Waals surface area contributed by atoms with Gasteiger partial charge in [0.25, 0.3) is 5.69 Å². The van der Waals surface area contributed by atoms with Crippen molar-refractivity contribution in [3.05, 3.63) is 54.4 Å². The first-order valence-electron chi connectivity index (χ1n) is 5.61. The first kappa shape index (κ1) is 14.1. The quantitative estimate of drug-likeness (QED) is 0.668. The van der Waals surface area contributed by atoms with Crippen LogP contribution in [-0.2, 0) is 13.1 Å². The monoisotopic (exact) mass is 341 g/mol. The van der Waals surface area contributed by atoms with Gasteiger partial charge in [0.2, 0.25) is 0 Å². The van der Waals surface area contributed by atoms with Crippen LogP contribution in [0.2, 0.25) is 0 Å². The van der Waals surface area contributed by atoms with E-state index in [1.807, 2.05) is 19.2 Å². The molecule has 100 valence electrons. The number of aromatic nitrogens is 1. The average Bonchev–Trinajstić information content (AvgIpc) is 2.77. The Bertz CT molecular complexity index is 600. The topological polar surface area (TPSA) is 68.1 Å². The second-order valence-electron chi connectivity index (χ2n) is 3.99. The van der Waals surface area contributed by atoms with E-state index in [9.17, 15) is 10.1 Å². The minimum absolute atomic E-state index is 0.0907. The zero-order valence-electron chi connectivity index (χ0n) is 10.2. The molecule has 1 N–H and O–H groups in total. The third-order valence-electron chi connectivity index (χ3n) is 2.50. The molecule has 0 saturated carbocycles. The Balaban J connectivity index is 1.96. The smallest absolute Gasteiger partial charge is 0.283 e. The lowest BCUT2D eigenvalue weighted by Gasteiger charge is -2.04. The van der Waals surface area contributed by atoms with Crippen LogP contribution in [-0.4, -0.2) is 9.91 Å². The maximum absolute atomic E-state index is 10.8. The Morgan fingerprint density at radius 3 is 2.89 bits per heavy atom. The number of hydrogen-bond donors (Lipinski definition) is 1. The molecule has 0 aliphatic rings. The Labute approximate surface area is 123 Å². The minimum atomic E-state index is -0.389. The summed E-state index contributed by atoms with van der Waals surface area (Å²) < 4.78 is 0.499. The Morgan fingerprint density at radius 2 is 2.26 bits per heavy atom. The maximum Gasteiger partial charge on any atom is 0.283 e. The van der Waals surface area contributed by atoms with Crippen LogP contribution in [0.3, 0.4) is 0 Å². The van der Waals surface area contributed by atoms with Crippen molar-refractivity contribution in [3.8, 4) is 0 Å². The molecule has 0 aliphatic heterocycles. The molecule has 1 aromatic carbocycles. The van der Waals surface area contributed by atoms with E-state index in [0.717, 1.165) is 22.0 Å². The number of thiazole rings is 1. The van der Waals surface area contributed by atoms with E-state index in [4.69, 9.17) is 0 Å². The number of nitro benzene ring substituents is 1. The van der Waals surface area contributed by atoms with E-state index >= 15 is 0 Å². The fraction of sp³-hybridized carbons (Fsp3) is 0.250. The molecule has 19 heavy (non-hydrogen) atoms. The first-order chi connectivity index (χ1) is 9.06. The fourth-order valence-electron chi connectivity index (χ4n) is 1.63. The zero-order chi connectivity index (χ0) is 13.8. The van der Waals surface area contributed by atoms with Crippen molar-refractivity contribution in [1.82, 2.24) is 10.3 Å². The Morgan fingerprint density at radius 1 is 1.47 bits per heavy atom. The normalized spacial score (nSPS) is 10.6. The molecule has 0 unspecified atom stereocenters. The van der Waals surface area contributed by atoms with E-state index in [0.29, 0.717) is 11.0 Å². The molecule has 2 rings (SSSR count). The van der Waals surface area contributed by atoms with Crippen LogP contribution >= 0.6 is 27.3 Å². The molecule has 1 heterocycles. The van der Waals surface area contributed by atoms with Crippen LogP contribution in [0.4, 0.5) is 5.69 Å². The third-order valence-corrected chi connectivity index (χ3v) is 4.09. The molecule has 0 fully saturated rings. The molecule has 0 atom stereocenters. The second-order valence-corrected chi connectivity index (χ2v) is 6.17. The van der Waals surface area contributed by atoms with Crippen LogP contribution in [0, 0.1) is 17.0 Å². The molecule has 0 radical (unpaired) electrons. The number of benzene rings is 1. The summed E-state index contributed by atoms with van der Waals surface area (Å²) in [6, 6.07) is 5.14. The predicted molar refractivity (Wildman–Crippen MR) is 78.2 cm³/mol. The highest BCUT2D eigenvalue weighted by Crippen LogP contribution is 2.25. The molecular formula is C12H12BrN3O2S. The molecule has 2 aromatic rings. The van der Waals surface area contributed by atoms with Crippen molar-refractivity contribution < 1.29 is 4.92 Å². The number of nitrogens with one attached hydrogen (secondary N) is 1. The number of hydrogen-bond acceptors (Lipinski definition) is 5. The van der Waals surface area contributed by atoms with Crippen LogP contribution in [0.15, 0.2) is 28.9 Å². The van der Waals surface area contributed by atoms with Crippen molar-refractivity contribution in [2.45, 2.75) is 20.0 Å². The predicted octanol–water partition coefficient (Wildman–Crippen LogP) is 3.41. The summed E-state index contributed by atoms with van der Waals surface area (Å²) in [6.45, 7) is 3.27. The van der Waals surface area contributed by atoms with Gasteiger partial charge in [-0.05, 0) is 34.5 Å². The summed E-state index contributed by atoms with van der Waals surface area (Å²) in [5.74, 6) is 0. The lowest BCUT2D eigenvalue weighted by atomic mass is 10.2. The third kappa shape index (κ3) is 3.82. The number of aryl methyl sites for hydroxylation is 1. The van der Waals surface area contributed by atoms with Gasteiger partial charge < -0.3 is 5.32 Å². The van der Waals surface area contributed by atoms with Crippen LogP contribution in [0.1, 0.15) is 15.4 Å². The molecule has 0 bridgehead atoms. The SMILES string of the molecule is Cc1ncc(CNCc2ccc(Br)c([N+](=O)[O-])c2)s1.